The Balaban J connectivity index is 1.83. The molecule has 4 nitrogen and oxygen atoms in total. The fraction of sp³-hybridized carbons (Fsp3) is 0.412. The monoisotopic (exact) mass is 319 g/mol. The van der Waals surface area contributed by atoms with Crippen molar-refractivity contribution in [2.45, 2.75) is 33.1 Å². The molecule has 0 saturated carbocycles. The summed E-state index contributed by atoms with van der Waals surface area (Å²) in [4.78, 5) is 11.4. The lowest BCUT2D eigenvalue weighted by Crippen LogP contribution is -2.24. The highest BCUT2D eigenvalue weighted by molar-refractivity contribution is 6.32. The summed E-state index contributed by atoms with van der Waals surface area (Å²) in [5.74, 6) is 0. The Kier molecular flexibility index (Phi) is 5.61. The molecule has 0 atom stereocenters. The number of aryl methyl sites for hydroxylation is 1. The second-order valence-corrected chi connectivity index (χ2v) is 6.66. The number of H-pyrrole nitrogens is 1. The van der Waals surface area contributed by atoms with Crippen LogP contribution in [0.2, 0.25) is 5.02 Å². The molecule has 1 heterocycles. The van der Waals surface area contributed by atoms with E-state index in [9.17, 15) is 4.79 Å². The Morgan fingerprint density at radius 2 is 2.00 bits per heavy atom. The zero-order valence-electron chi connectivity index (χ0n) is 13.0. The van der Waals surface area contributed by atoms with Gasteiger partial charge >= 0.3 is 0 Å². The first-order valence-corrected chi connectivity index (χ1v) is 7.87. The maximum atomic E-state index is 11.4. The number of aromatic nitrogens is 2. The number of rotatable bonds is 7. The van der Waals surface area contributed by atoms with Crippen LogP contribution in [0.15, 0.2) is 41.3 Å². The highest BCUT2D eigenvalue weighted by Gasteiger charge is 2.18. The molecule has 0 unspecified atom stereocenters. The van der Waals surface area contributed by atoms with Crippen LogP contribution in [0.3, 0.4) is 0 Å². The lowest BCUT2D eigenvalue weighted by atomic mass is 9.86. The van der Waals surface area contributed by atoms with E-state index in [2.05, 4.69) is 53.6 Å². The van der Waals surface area contributed by atoms with Gasteiger partial charge < -0.3 is 5.32 Å². The second kappa shape index (κ2) is 7.45. The van der Waals surface area contributed by atoms with Crippen molar-refractivity contribution >= 4 is 17.3 Å². The average molecular weight is 320 g/mol. The molecule has 118 valence electrons. The van der Waals surface area contributed by atoms with Gasteiger partial charge in [0, 0.05) is 6.54 Å². The molecule has 22 heavy (non-hydrogen) atoms. The number of hydrogen-bond acceptors (Lipinski definition) is 3. The standard InChI is InChI=1S/C17H22ClN3O/c1-17(2,10-6-9-13-7-4-3-5-8-13)12-19-14-11-20-21-16(22)15(14)18/h3-5,7-8,11H,6,9-10,12H2,1-2H3,(H2,19,21,22). The number of halogens is 1. The highest BCUT2D eigenvalue weighted by atomic mass is 35.5. The quantitative estimate of drug-likeness (QED) is 0.814. The van der Waals surface area contributed by atoms with E-state index in [-0.39, 0.29) is 16.0 Å². The van der Waals surface area contributed by atoms with Gasteiger partial charge in [0.05, 0.1) is 11.9 Å². The number of anilines is 1. The summed E-state index contributed by atoms with van der Waals surface area (Å²) < 4.78 is 0. The van der Waals surface area contributed by atoms with Crippen LogP contribution in [0, 0.1) is 5.41 Å². The molecule has 0 aliphatic rings. The van der Waals surface area contributed by atoms with Gasteiger partial charge in [-0.1, -0.05) is 55.8 Å². The third-order valence-electron chi connectivity index (χ3n) is 3.71. The Hall–Kier alpha value is -1.81. The van der Waals surface area contributed by atoms with Gasteiger partial charge in [-0.05, 0) is 30.2 Å². The first-order chi connectivity index (χ1) is 10.5. The predicted molar refractivity (Wildman–Crippen MR) is 91.5 cm³/mol. The molecular formula is C17H22ClN3O. The van der Waals surface area contributed by atoms with E-state index in [0.717, 1.165) is 25.8 Å². The van der Waals surface area contributed by atoms with Crippen molar-refractivity contribution in [3.63, 3.8) is 0 Å². The molecule has 0 aliphatic heterocycles. The zero-order chi connectivity index (χ0) is 16.0. The molecule has 2 aromatic rings. The number of nitrogens with one attached hydrogen (secondary N) is 2. The van der Waals surface area contributed by atoms with E-state index in [0.29, 0.717) is 5.69 Å². The van der Waals surface area contributed by atoms with Crippen molar-refractivity contribution in [2.75, 3.05) is 11.9 Å². The summed E-state index contributed by atoms with van der Waals surface area (Å²) in [7, 11) is 0. The molecular weight excluding hydrogens is 298 g/mol. The minimum atomic E-state index is -0.367. The van der Waals surface area contributed by atoms with E-state index in [4.69, 9.17) is 11.6 Å². The highest BCUT2D eigenvalue weighted by Crippen LogP contribution is 2.25. The van der Waals surface area contributed by atoms with Crippen LogP contribution in [-0.4, -0.2) is 16.7 Å². The van der Waals surface area contributed by atoms with Gasteiger partial charge in [-0.15, -0.1) is 0 Å². The largest absolute Gasteiger partial charge is 0.382 e. The number of aromatic amines is 1. The summed E-state index contributed by atoms with van der Waals surface area (Å²) in [5.41, 5.74) is 1.70. The van der Waals surface area contributed by atoms with Crippen molar-refractivity contribution in [3.05, 3.63) is 57.5 Å². The Labute approximate surface area is 135 Å². The molecule has 2 rings (SSSR count). The van der Waals surface area contributed by atoms with Crippen molar-refractivity contribution in [2.24, 2.45) is 5.41 Å². The van der Waals surface area contributed by atoms with Crippen LogP contribution in [0.1, 0.15) is 32.3 Å². The smallest absolute Gasteiger partial charge is 0.285 e. The topological polar surface area (TPSA) is 57.8 Å². The Morgan fingerprint density at radius 3 is 2.73 bits per heavy atom. The zero-order valence-corrected chi connectivity index (χ0v) is 13.8. The first kappa shape index (κ1) is 16.6. The molecule has 0 spiro atoms. The minimum Gasteiger partial charge on any atom is -0.382 e. The molecule has 2 N–H and O–H groups in total. The molecule has 0 aliphatic carbocycles. The molecule has 5 heteroatoms. The molecule has 1 aromatic carbocycles. The molecule has 0 radical (unpaired) electrons. The van der Waals surface area contributed by atoms with E-state index in [1.165, 1.54) is 5.56 Å². The van der Waals surface area contributed by atoms with Gasteiger partial charge in [0.25, 0.3) is 5.56 Å². The SMILES string of the molecule is CC(C)(CCCc1ccccc1)CNc1cn[nH]c(=O)c1Cl. The summed E-state index contributed by atoms with van der Waals surface area (Å²) in [6, 6.07) is 10.5. The van der Waals surface area contributed by atoms with Crippen molar-refractivity contribution < 1.29 is 0 Å². The minimum absolute atomic E-state index is 0.112. The summed E-state index contributed by atoms with van der Waals surface area (Å²) >= 11 is 5.96. The Morgan fingerprint density at radius 1 is 1.27 bits per heavy atom. The normalized spacial score (nSPS) is 11.4. The maximum absolute atomic E-state index is 11.4. The van der Waals surface area contributed by atoms with Crippen molar-refractivity contribution in [1.82, 2.24) is 10.2 Å². The van der Waals surface area contributed by atoms with Crippen LogP contribution in [0.25, 0.3) is 0 Å². The van der Waals surface area contributed by atoms with E-state index < -0.39 is 0 Å². The third kappa shape index (κ3) is 4.88. The number of nitrogens with zero attached hydrogens (tertiary/aromatic N) is 1. The van der Waals surface area contributed by atoms with Crippen LogP contribution in [0.5, 0.6) is 0 Å². The van der Waals surface area contributed by atoms with E-state index >= 15 is 0 Å². The predicted octanol–water partition coefficient (Wildman–Crippen LogP) is 3.88. The van der Waals surface area contributed by atoms with Gasteiger partial charge in [0.15, 0.2) is 0 Å². The summed E-state index contributed by atoms with van der Waals surface area (Å²) in [6.45, 7) is 5.16. The molecule has 0 amide bonds. The molecule has 0 fully saturated rings. The second-order valence-electron chi connectivity index (χ2n) is 6.28. The van der Waals surface area contributed by atoms with Gasteiger partial charge in [-0.25, -0.2) is 5.10 Å². The lowest BCUT2D eigenvalue weighted by Gasteiger charge is -2.25. The van der Waals surface area contributed by atoms with Crippen LogP contribution < -0.4 is 10.9 Å². The third-order valence-corrected chi connectivity index (χ3v) is 4.09. The maximum Gasteiger partial charge on any atom is 0.285 e. The van der Waals surface area contributed by atoms with E-state index in [1.807, 2.05) is 6.07 Å². The van der Waals surface area contributed by atoms with E-state index in [1.54, 1.807) is 6.20 Å². The van der Waals surface area contributed by atoms with Crippen LogP contribution >= 0.6 is 11.6 Å². The fourth-order valence-electron chi connectivity index (χ4n) is 2.35. The molecule has 0 bridgehead atoms. The fourth-order valence-corrected chi connectivity index (χ4v) is 2.50. The summed E-state index contributed by atoms with van der Waals surface area (Å²) in [5, 5.41) is 9.47. The van der Waals surface area contributed by atoms with Crippen molar-refractivity contribution in [3.8, 4) is 0 Å². The average Bonchev–Trinajstić information content (AvgIpc) is 2.50. The molecule has 0 saturated heterocycles. The Bertz CT molecular complexity index is 652. The van der Waals surface area contributed by atoms with Crippen molar-refractivity contribution in [1.29, 1.82) is 0 Å². The first-order valence-electron chi connectivity index (χ1n) is 7.49. The molecule has 1 aromatic heterocycles. The van der Waals surface area contributed by atoms with Crippen LogP contribution in [-0.2, 0) is 6.42 Å². The van der Waals surface area contributed by atoms with Gasteiger partial charge in [0.1, 0.15) is 5.02 Å². The van der Waals surface area contributed by atoms with Gasteiger partial charge in [-0.3, -0.25) is 4.79 Å². The number of benzene rings is 1. The van der Waals surface area contributed by atoms with Gasteiger partial charge in [-0.2, -0.15) is 5.10 Å². The number of hydrogen-bond donors (Lipinski definition) is 2. The van der Waals surface area contributed by atoms with Gasteiger partial charge in [0.2, 0.25) is 0 Å². The summed E-state index contributed by atoms with van der Waals surface area (Å²) in [6.07, 6.45) is 4.84. The lowest BCUT2D eigenvalue weighted by molar-refractivity contribution is 0.348. The van der Waals surface area contributed by atoms with Crippen LogP contribution in [0.4, 0.5) is 5.69 Å².